The third-order valence-corrected chi connectivity index (χ3v) is 5.06. The predicted octanol–water partition coefficient (Wildman–Crippen LogP) is 3.06. The van der Waals surface area contributed by atoms with Crippen LogP contribution in [-0.4, -0.2) is 34.3 Å². The summed E-state index contributed by atoms with van der Waals surface area (Å²) in [6.45, 7) is -0.388. The molecular weight excluding hydrogens is 385 g/mol. The van der Waals surface area contributed by atoms with Gasteiger partial charge in [-0.05, 0) is 36.4 Å². The number of halogens is 1. The Kier molecular flexibility index (Phi) is 5.07. The zero-order chi connectivity index (χ0) is 19.5. The van der Waals surface area contributed by atoms with E-state index in [1.807, 2.05) is 18.2 Å². The predicted molar refractivity (Wildman–Crippen MR) is 99.0 cm³/mol. The third-order valence-electron chi connectivity index (χ3n) is 4.02. The van der Waals surface area contributed by atoms with Crippen molar-refractivity contribution in [3.63, 3.8) is 0 Å². The lowest BCUT2D eigenvalue weighted by Crippen LogP contribution is -2.39. The Labute approximate surface area is 163 Å². The van der Waals surface area contributed by atoms with Gasteiger partial charge < -0.3 is 9.26 Å². The maximum absolute atomic E-state index is 13.0. The second-order valence-corrected chi connectivity index (χ2v) is 6.94. The third kappa shape index (κ3) is 3.89. The molecule has 0 bridgehead atoms. The zero-order valence-electron chi connectivity index (χ0n) is 14.5. The van der Waals surface area contributed by atoms with Crippen LogP contribution < -0.4 is 4.90 Å². The van der Waals surface area contributed by atoms with E-state index in [9.17, 15) is 14.0 Å². The van der Waals surface area contributed by atoms with Gasteiger partial charge in [-0.25, -0.2) is 4.39 Å². The van der Waals surface area contributed by atoms with Gasteiger partial charge in [0.15, 0.2) is 6.61 Å². The maximum atomic E-state index is 13.0. The summed E-state index contributed by atoms with van der Waals surface area (Å²) in [6, 6.07) is 13.0. The van der Waals surface area contributed by atoms with Crippen LogP contribution in [0.25, 0.3) is 11.5 Å². The summed E-state index contributed by atoms with van der Waals surface area (Å²) in [7, 11) is 0. The number of aromatic nitrogens is 2. The van der Waals surface area contributed by atoms with Gasteiger partial charge in [0.1, 0.15) is 12.4 Å². The van der Waals surface area contributed by atoms with Crippen LogP contribution in [0, 0.1) is 5.82 Å². The van der Waals surface area contributed by atoms with Gasteiger partial charge in [0.25, 0.3) is 5.89 Å². The smallest absolute Gasteiger partial charge is 0.326 e. The molecule has 1 amide bonds. The first-order valence-electron chi connectivity index (χ1n) is 8.36. The van der Waals surface area contributed by atoms with Gasteiger partial charge in [0.2, 0.25) is 11.7 Å². The van der Waals surface area contributed by atoms with Crippen molar-refractivity contribution in [3.05, 3.63) is 60.2 Å². The lowest BCUT2D eigenvalue weighted by Gasteiger charge is -2.27. The molecule has 1 aliphatic heterocycles. The van der Waals surface area contributed by atoms with Crippen molar-refractivity contribution in [2.45, 2.75) is 11.5 Å². The summed E-state index contributed by atoms with van der Waals surface area (Å²) < 4.78 is 23.2. The number of carbonyl (C=O) groups excluding carboxylic acids is 2. The molecule has 0 saturated heterocycles. The molecule has 3 aromatic rings. The summed E-state index contributed by atoms with van der Waals surface area (Å²) in [6.07, 6.45) is 0. The van der Waals surface area contributed by atoms with Crippen molar-refractivity contribution < 1.29 is 23.2 Å². The summed E-state index contributed by atoms with van der Waals surface area (Å²) in [4.78, 5) is 30.9. The van der Waals surface area contributed by atoms with Crippen LogP contribution >= 0.6 is 11.8 Å². The van der Waals surface area contributed by atoms with E-state index in [1.54, 1.807) is 6.07 Å². The molecule has 2 aromatic carbocycles. The van der Waals surface area contributed by atoms with Crippen LogP contribution in [0.5, 0.6) is 0 Å². The highest BCUT2D eigenvalue weighted by molar-refractivity contribution is 8.00. The SMILES string of the molecule is O=C(CN1C(=O)CSc2ccccc21)OCc1noc(-c2ccc(F)cc2)n1. The highest BCUT2D eigenvalue weighted by Gasteiger charge is 2.26. The number of benzene rings is 2. The van der Waals surface area contributed by atoms with Crippen molar-refractivity contribution in [3.8, 4) is 11.5 Å². The minimum atomic E-state index is -0.580. The largest absolute Gasteiger partial charge is 0.456 e. The Hall–Kier alpha value is -3.20. The molecule has 0 radical (unpaired) electrons. The fourth-order valence-corrected chi connectivity index (χ4v) is 3.61. The Morgan fingerprint density at radius 1 is 1.21 bits per heavy atom. The molecular formula is C19H14FN3O4S. The van der Waals surface area contributed by atoms with Crippen LogP contribution in [0.15, 0.2) is 57.9 Å². The molecule has 0 fully saturated rings. The molecule has 0 N–H and O–H groups in total. The van der Waals surface area contributed by atoms with E-state index in [4.69, 9.17) is 9.26 Å². The van der Waals surface area contributed by atoms with Crippen LogP contribution in [-0.2, 0) is 20.9 Å². The van der Waals surface area contributed by atoms with E-state index in [2.05, 4.69) is 10.1 Å². The van der Waals surface area contributed by atoms with E-state index in [1.165, 1.54) is 40.9 Å². The van der Waals surface area contributed by atoms with Crippen molar-refractivity contribution in [1.29, 1.82) is 0 Å². The highest BCUT2D eigenvalue weighted by Crippen LogP contribution is 2.34. The van der Waals surface area contributed by atoms with Crippen LogP contribution in [0.4, 0.5) is 10.1 Å². The Morgan fingerprint density at radius 3 is 2.82 bits per heavy atom. The van der Waals surface area contributed by atoms with Crippen LogP contribution in [0.2, 0.25) is 0 Å². The van der Waals surface area contributed by atoms with Gasteiger partial charge >= 0.3 is 5.97 Å². The quantitative estimate of drug-likeness (QED) is 0.610. The van der Waals surface area contributed by atoms with E-state index in [-0.39, 0.29) is 42.3 Å². The lowest BCUT2D eigenvalue weighted by atomic mass is 10.2. The summed E-state index contributed by atoms with van der Waals surface area (Å²) in [5.74, 6) is -0.459. The van der Waals surface area contributed by atoms with Crippen molar-refractivity contribution in [2.75, 3.05) is 17.2 Å². The van der Waals surface area contributed by atoms with Gasteiger partial charge in [-0.1, -0.05) is 17.3 Å². The molecule has 1 aliphatic rings. The monoisotopic (exact) mass is 399 g/mol. The molecule has 0 spiro atoms. The average molecular weight is 399 g/mol. The minimum Gasteiger partial charge on any atom is -0.456 e. The van der Waals surface area contributed by atoms with Gasteiger partial charge in [-0.3, -0.25) is 14.5 Å². The topological polar surface area (TPSA) is 85.5 Å². The van der Waals surface area contributed by atoms with Gasteiger partial charge in [0, 0.05) is 10.5 Å². The van der Waals surface area contributed by atoms with E-state index >= 15 is 0 Å². The number of hydrogen-bond acceptors (Lipinski definition) is 7. The number of carbonyl (C=O) groups is 2. The molecule has 7 nitrogen and oxygen atoms in total. The number of hydrogen-bond donors (Lipinski definition) is 0. The fraction of sp³-hybridized carbons (Fsp3) is 0.158. The molecule has 0 aliphatic carbocycles. The zero-order valence-corrected chi connectivity index (χ0v) is 15.3. The summed E-state index contributed by atoms with van der Waals surface area (Å²) in [5, 5.41) is 3.74. The van der Waals surface area contributed by atoms with Crippen molar-refractivity contribution in [1.82, 2.24) is 10.1 Å². The first-order chi connectivity index (χ1) is 13.6. The number of ether oxygens (including phenoxy) is 1. The summed E-state index contributed by atoms with van der Waals surface area (Å²) in [5.41, 5.74) is 1.25. The average Bonchev–Trinajstić information content (AvgIpc) is 3.18. The number of thioether (sulfide) groups is 1. The number of amides is 1. The molecule has 0 saturated carbocycles. The van der Waals surface area contributed by atoms with Crippen LogP contribution in [0.3, 0.4) is 0 Å². The number of fused-ring (bicyclic) bond motifs is 1. The fourth-order valence-electron chi connectivity index (χ4n) is 2.67. The Balaban J connectivity index is 1.38. The van der Waals surface area contributed by atoms with Gasteiger partial charge in [-0.2, -0.15) is 4.98 Å². The molecule has 1 aromatic heterocycles. The number of rotatable bonds is 5. The standard InChI is InChI=1S/C19H14FN3O4S/c20-13-7-5-12(6-8-13)19-21-16(22-27-19)10-26-18(25)9-23-14-3-1-2-4-15(14)28-11-17(23)24/h1-8H,9-11H2. The number of para-hydroxylation sites is 1. The minimum absolute atomic E-state index is 0.154. The normalized spacial score (nSPS) is 13.3. The second-order valence-electron chi connectivity index (χ2n) is 5.92. The lowest BCUT2D eigenvalue weighted by molar-refractivity contribution is -0.144. The van der Waals surface area contributed by atoms with E-state index in [0.717, 1.165) is 4.90 Å². The van der Waals surface area contributed by atoms with Crippen molar-refractivity contribution >= 4 is 29.3 Å². The highest BCUT2D eigenvalue weighted by atomic mass is 32.2. The molecule has 2 heterocycles. The molecule has 0 unspecified atom stereocenters. The van der Waals surface area contributed by atoms with Gasteiger partial charge in [0.05, 0.1) is 11.4 Å². The molecule has 9 heteroatoms. The first kappa shape index (κ1) is 18.2. The number of anilines is 1. The molecule has 0 atom stereocenters. The Bertz CT molecular complexity index is 1020. The summed E-state index contributed by atoms with van der Waals surface area (Å²) >= 11 is 1.44. The van der Waals surface area contributed by atoms with Crippen molar-refractivity contribution in [2.24, 2.45) is 0 Å². The maximum Gasteiger partial charge on any atom is 0.326 e. The number of esters is 1. The van der Waals surface area contributed by atoms with E-state index < -0.39 is 5.97 Å². The molecule has 142 valence electrons. The molecule has 4 rings (SSSR count). The molecule has 28 heavy (non-hydrogen) atoms. The second kappa shape index (κ2) is 7.81. The Morgan fingerprint density at radius 2 is 2.00 bits per heavy atom. The number of nitrogens with zero attached hydrogens (tertiary/aromatic N) is 3. The van der Waals surface area contributed by atoms with E-state index in [0.29, 0.717) is 11.3 Å². The van der Waals surface area contributed by atoms with Gasteiger partial charge in [-0.15, -0.1) is 11.8 Å². The van der Waals surface area contributed by atoms with Crippen LogP contribution in [0.1, 0.15) is 5.82 Å². The first-order valence-corrected chi connectivity index (χ1v) is 9.35.